The van der Waals surface area contributed by atoms with E-state index in [1.165, 1.54) is 11.8 Å². The number of ether oxygens (including phenoxy) is 1. The third kappa shape index (κ3) is 4.66. The lowest BCUT2D eigenvalue weighted by Crippen LogP contribution is -2.19. The van der Waals surface area contributed by atoms with E-state index < -0.39 is 5.97 Å². The van der Waals surface area contributed by atoms with Gasteiger partial charge in [0.05, 0.1) is 6.61 Å². The molecule has 0 aromatic carbocycles. The van der Waals surface area contributed by atoms with Gasteiger partial charge >= 0.3 is 5.97 Å². The van der Waals surface area contributed by atoms with Gasteiger partial charge in [-0.25, -0.2) is 9.79 Å². The highest BCUT2D eigenvalue weighted by Crippen LogP contribution is 2.02. The van der Waals surface area contributed by atoms with E-state index in [9.17, 15) is 9.59 Å². The second-order valence-electron chi connectivity index (χ2n) is 2.05. The van der Waals surface area contributed by atoms with Gasteiger partial charge in [-0.15, -0.1) is 0 Å². The number of nitrogens with zero attached hydrogens (tertiary/aromatic N) is 1. The van der Waals surface area contributed by atoms with Crippen molar-refractivity contribution in [1.29, 1.82) is 0 Å². The Kier molecular flexibility index (Phi) is 6.47. The fraction of sp³-hybridized carbons (Fsp3) is 0.375. The van der Waals surface area contributed by atoms with Crippen molar-refractivity contribution in [3.05, 3.63) is 12.3 Å². The normalized spacial score (nSPS) is 10.6. The topological polar surface area (TPSA) is 67.8 Å². The van der Waals surface area contributed by atoms with Gasteiger partial charge in [0.25, 0.3) is 0 Å². The van der Waals surface area contributed by atoms with Crippen LogP contribution in [0.2, 0.25) is 0 Å². The SMILES string of the molecule is C=C(N=C(NC=O)SC)C(=O)OCC. The Hall–Kier alpha value is -1.30. The van der Waals surface area contributed by atoms with E-state index in [2.05, 4.69) is 21.6 Å². The molecular formula is C8H12N2O3S. The molecule has 0 bridgehead atoms. The largest absolute Gasteiger partial charge is 0.461 e. The van der Waals surface area contributed by atoms with Crippen molar-refractivity contribution in [2.75, 3.05) is 12.9 Å². The predicted octanol–water partition coefficient (Wildman–Crippen LogP) is 0.528. The maximum atomic E-state index is 11.0. The van der Waals surface area contributed by atoms with Crippen molar-refractivity contribution in [2.24, 2.45) is 4.99 Å². The molecular weight excluding hydrogens is 204 g/mol. The van der Waals surface area contributed by atoms with Crippen LogP contribution in [0, 0.1) is 0 Å². The third-order valence-corrected chi connectivity index (χ3v) is 1.72. The number of hydrogen-bond donors (Lipinski definition) is 1. The molecule has 0 unspecified atom stereocenters. The molecule has 0 heterocycles. The fourth-order valence-electron chi connectivity index (χ4n) is 0.570. The van der Waals surface area contributed by atoms with Gasteiger partial charge in [0, 0.05) is 0 Å². The van der Waals surface area contributed by atoms with E-state index in [0.29, 0.717) is 11.6 Å². The Morgan fingerprint density at radius 2 is 2.36 bits per heavy atom. The molecule has 0 fully saturated rings. The first-order valence-electron chi connectivity index (χ1n) is 3.84. The molecule has 0 atom stereocenters. The van der Waals surface area contributed by atoms with E-state index in [4.69, 9.17) is 0 Å². The standard InChI is InChI=1S/C8H12N2O3S/c1-4-13-7(12)6(2)10-8(14-3)9-5-11/h5H,2,4H2,1,3H3,(H,9,10,11). The Morgan fingerprint density at radius 1 is 1.71 bits per heavy atom. The molecule has 0 radical (unpaired) electrons. The number of nitrogens with one attached hydrogen (secondary N) is 1. The van der Waals surface area contributed by atoms with Crippen LogP contribution in [-0.4, -0.2) is 30.4 Å². The zero-order valence-corrected chi connectivity index (χ0v) is 8.89. The lowest BCUT2D eigenvalue weighted by molar-refractivity contribution is -0.138. The summed E-state index contributed by atoms with van der Waals surface area (Å²) in [5.41, 5.74) is -0.0365. The van der Waals surface area contributed by atoms with E-state index in [1.54, 1.807) is 13.2 Å². The van der Waals surface area contributed by atoms with Gasteiger partial charge in [0.2, 0.25) is 6.41 Å². The molecule has 0 aliphatic carbocycles. The number of hydrogen-bond acceptors (Lipinski definition) is 5. The van der Waals surface area contributed by atoms with Crippen LogP contribution in [0.15, 0.2) is 17.3 Å². The van der Waals surface area contributed by atoms with Gasteiger partial charge in [-0.2, -0.15) is 0 Å². The number of thioether (sulfide) groups is 1. The van der Waals surface area contributed by atoms with Crippen LogP contribution in [0.25, 0.3) is 0 Å². The maximum Gasteiger partial charge on any atom is 0.356 e. The first-order valence-corrected chi connectivity index (χ1v) is 5.07. The van der Waals surface area contributed by atoms with Gasteiger partial charge in [-0.1, -0.05) is 18.3 Å². The Balaban J connectivity index is 4.37. The summed E-state index contributed by atoms with van der Waals surface area (Å²) in [5, 5.41) is 2.63. The molecule has 0 spiro atoms. The summed E-state index contributed by atoms with van der Waals surface area (Å²) in [7, 11) is 0. The molecule has 78 valence electrons. The molecule has 0 saturated carbocycles. The first-order chi connectivity index (χ1) is 6.65. The summed E-state index contributed by atoms with van der Waals surface area (Å²) in [6, 6.07) is 0. The molecule has 14 heavy (non-hydrogen) atoms. The van der Waals surface area contributed by atoms with Crippen LogP contribution in [0.5, 0.6) is 0 Å². The van der Waals surface area contributed by atoms with Crippen molar-refractivity contribution >= 4 is 29.3 Å². The average molecular weight is 216 g/mol. The molecule has 5 nitrogen and oxygen atoms in total. The number of amides is 1. The van der Waals surface area contributed by atoms with Crippen LogP contribution in [-0.2, 0) is 14.3 Å². The second kappa shape index (κ2) is 7.14. The molecule has 0 saturated heterocycles. The zero-order valence-electron chi connectivity index (χ0n) is 8.07. The van der Waals surface area contributed by atoms with Gasteiger partial charge in [0.1, 0.15) is 5.70 Å². The summed E-state index contributed by atoms with van der Waals surface area (Å²) < 4.78 is 4.66. The molecule has 0 aliphatic rings. The Bertz CT molecular complexity index is 263. The van der Waals surface area contributed by atoms with Crippen LogP contribution < -0.4 is 5.32 Å². The average Bonchev–Trinajstić information content (AvgIpc) is 2.17. The van der Waals surface area contributed by atoms with Gasteiger partial charge in [0.15, 0.2) is 5.17 Å². The highest BCUT2D eigenvalue weighted by atomic mass is 32.2. The predicted molar refractivity (Wildman–Crippen MR) is 55.9 cm³/mol. The van der Waals surface area contributed by atoms with Crippen molar-refractivity contribution in [1.82, 2.24) is 5.32 Å². The quantitative estimate of drug-likeness (QED) is 0.245. The molecule has 0 aromatic rings. The van der Waals surface area contributed by atoms with Crippen molar-refractivity contribution < 1.29 is 14.3 Å². The maximum absolute atomic E-state index is 11.0. The zero-order chi connectivity index (χ0) is 11.0. The van der Waals surface area contributed by atoms with Crippen LogP contribution in [0.1, 0.15) is 6.92 Å². The number of esters is 1. The van der Waals surface area contributed by atoms with E-state index in [-0.39, 0.29) is 12.3 Å². The minimum absolute atomic E-state index is 0.0365. The summed E-state index contributed by atoms with van der Waals surface area (Å²) in [4.78, 5) is 24.9. The van der Waals surface area contributed by atoms with Crippen molar-refractivity contribution in [3.63, 3.8) is 0 Å². The summed E-state index contributed by atoms with van der Waals surface area (Å²) in [6.07, 6.45) is 2.20. The Labute approximate surface area is 86.6 Å². The highest BCUT2D eigenvalue weighted by molar-refractivity contribution is 8.13. The monoisotopic (exact) mass is 216 g/mol. The van der Waals surface area contributed by atoms with Crippen LogP contribution in [0.3, 0.4) is 0 Å². The number of carbonyl (C=O) groups is 2. The van der Waals surface area contributed by atoms with Gasteiger partial charge < -0.3 is 10.1 Å². The van der Waals surface area contributed by atoms with Crippen LogP contribution in [0.4, 0.5) is 0 Å². The lowest BCUT2D eigenvalue weighted by Gasteiger charge is -2.02. The summed E-state index contributed by atoms with van der Waals surface area (Å²) in [5.74, 6) is -0.591. The number of amidine groups is 1. The number of rotatable bonds is 4. The minimum Gasteiger partial charge on any atom is -0.461 e. The molecule has 0 aromatic heterocycles. The van der Waals surface area contributed by atoms with Crippen molar-refractivity contribution in [3.8, 4) is 0 Å². The van der Waals surface area contributed by atoms with Crippen molar-refractivity contribution in [2.45, 2.75) is 6.92 Å². The minimum atomic E-state index is -0.591. The van der Waals surface area contributed by atoms with E-state index >= 15 is 0 Å². The fourth-order valence-corrected chi connectivity index (χ4v) is 0.937. The highest BCUT2D eigenvalue weighted by Gasteiger charge is 2.07. The molecule has 1 amide bonds. The smallest absolute Gasteiger partial charge is 0.356 e. The first kappa shape index (κ1) is 12.7. The van der Waals surface area contributed by atoms with E-state index in [0.717, 1.165) is 0 Å². The number of carbonyl (C=O) groups excluding carboxylic acids is 2. The van der Waals surface area contributed by atoms with Gasteiger partial charge in [-0.3, -0.25) is 4.79 Å². The molecule has 6 heteroatoms. The van der Waals surface area contributed by atoms with Gasteiger partial charge in [-0.05, 0) is 13.2 Å². The third-order valence-electron chi connectivity index (χ3n) is 1.12. The van der Waals surface area contributed by atoms with E-state index in [1.807, 2.05) is 0 Å². The summed E-state index contributed by atoms with van der Waals surface area (Å²) in [6.45, 7) is 5.37. The van der Waals surface area contributed by atoms with Crippen LogP contribution >= 0.6 is 11.8 Å². The summed E-state index contributed by atoms with van der Waals surface area (Å²) >= 11 is 1.20. The Morgan fingerprint density at radius 3 is 2.79 bits per heavy atom. The second-order valence-corrected chi connectivity index (χ2v) is 2.85. The lowest BCUT2D eigenvalue weighted by atomic mass is 10.5. The molecule has 0 aliphatic heterocycles. The molecule has 0 rings (SSSR count). The number of aliphatic imine (C=N–C) groups is 1. The molecule has 1 N–H and O–H groups in total.